The van der Waals surface area contributed by atoms with Crippen molar-refractivity contribution in [2.24, 2.45) is 5.92 Å². The number of hydrogen-bond donors (Lipinski definition) is 1. The fraction of sp³-hybridized carbons (Fsp3) is 0.600. The number of ether oxygens (including phenoxy) is 1. The smallest absolute Gasteiger partial charge is 0.123 e. The molecule has 0 unspecified atom stereocenters. The molecule has 1 N–H and O–H groups in total. The third-order valence-electron chi connectivity index (χ3n) is 3.23. The maximum atomic E-state index is 5.77. The van der Waals surface area contributed by atoms with Crippen molar-refractivity contribution in [3.05, 3.63) is 28.2 Å². The van der Waals surface area contributed by atoms with Gasteiger partial charge in [0.15, 0.2) is 0 Å². The van der Waals surface area contributed by atoms with Crippen molar-refractivity contribution < 1.29 is 4.74 Å². The standard InChI is InChI=1S/C15H22BrNO/c1-2-9-18-15-6-5-14(16)10-13(15)11-17-8-7-12-3-4-12/h5-6,10,12,17H,2-4,7-9,11H2,1H3. The molecule has 1 aliphatic rings. The highest BCUT2D eigenvalue weighted by atomic mass is 79.9. The molecule has 1 aromatic carbocycles. The van der Waals surface area contributed by atoms with Gasteiger partial charge in [-0.1, -0.05) is 35.7 Å². The van der Waals surface area contributed by atoms with Crippen LogP contribution in [0.4, 0.5) is 0 Å². The first-order valence-corrected chi connectivity index (χ1v) is 7.71. The molecule has 1 fully saturated rings. The van der Waals surface area contributed by atoms with Crippen LogP contribution in [0.25, 0.3) is 0 Å². The van der Waals surface area contributed by atoms with Crippen LogP contribution >= 0.6 is 15.9 Å². The third kappa shape index (κ3) is 4.62. The predicted molar refractivity (Wildman–Crippen MR) is 79.0 cm³/mol. The molecule has 0 bridgehead atoms. The minimum Gasteiger partial charge on any atom is -0.493 e. The van der Waals surface area contributed by atoms with Gasteiger partial charge in [0.1, 0.15) is 5.75 Å². The molecule has 2 nitrogen and oxygen atoms in total. The topological polar surface area (TPSA) is 21.3 Å². The van der Waals surface area contributed by atoms with E-state index in [0.717, 1.165) is 42.3 Å². The highest BCUT2D eigenvalue weighted by Crippen LogP contribution is 2.31. The van der Waals surface area contributed by atoms with E-state index in [-0.39, 0.29) is 0 Å². The molecule has 3 heteroatoms. The lowest BCUT2D eigenvalue weighted by Gasteiger charge is -2.12. The summed E-state index contributed by atoms with van der Waals surface area (Å²) in [6.45, 7) is 4.93. The second-order valence-corrected chi connectivity index (χ2v) is 5.93. The largest absolute Gasteiger partial charge is 0.493 e. The molecule has 0 aromatic heterocycles. The Hall–Kier alpha value is -0.540. The van der Waals surface area contributed by atoms with E-state index in [2.05, 4.69) is 40.3 Å². The molecule has 1 saturated carbocycles. The van der Waals surface area contributed by atoms with Crippen molar-refractivity contribution in [3.8, 4) is 5.75 Å². The second-order valence-electron chi connectivity index (χ2n) is 5.01. The normalized spacial score (nSPS) is 14.8. The van der Waals surface area contributed by atoms with Crippen LogP contribution in [0.15, 0.2) is 22.7 Å². The first-order chi connectivity index (χ1) is 8.79. The molecule has 0 radical (unpaired) electrons. The van der Waals surface area contributed by atoms with Gasteiger partial charge in [-0.05, 0) is 43.5 Å². The SMILES string of the molecule is CCCOc1ccc(Br)cc1CNCCC1CC1. The molecular weight excluding hydrogens is 290 g/mol. The summed E-state index contributed by atoms with van der Waals surface area (Å²) in [6.07, 6.45) is 5.23. The van der Waals surface area contributed by atoms with Crippen LogP contribution in [0.3, 0.4) is 0 Å². The second kappa shape index (κ2) is 7.15. The van der Waals surface area contributed by atoms with Crippen molar-refractivity contribution in [1.82, 2.24) is 5.32 Å². The van der Waals surface area contributed by atoms with Gasteiger partial charge in [0.05, 0.1) is 6.61 Å². The number of nitrogens with one attached hydrogen (secondary N) is 1. The molecule has 1 aromatic rings. The van der Waals surface area contributed by atoms with Crippen LogP contribution in [0.2, 0.25) is 0 Å². The Morgan fingerprint density at radius 3 is 2.94 bits per heavy atom. The average Bonchev–Trinajstić information content (AvgIpc) is 3.17. The van der Waals surface area contributed by atoms with E-state index in [1.165, 1.54) is 24.8 Å². The summed E-state index contributed by atoms with van der Waals surface area (Å²) in [6, 6.07) is 6.24. The minimum absolute atomic E-state index is 0.788. The Morgan fingerprint density at radius 2 is 2.22 bits per heavy atom. The van der Waals surface area contributed by atoms with Crippen LogP contribution in [-0.2, 0) is 6.54 Å². The van der Waals surface area contributed by atoms with Crippen molar-refractivity contribution in [2.45, 2.75) is 39.2 Å². The zero-order valence-electron chi connectivity index (χ0n) is 11.0. The molecule has 0 aliphatic heterocycles. The molecule has 0 heterocycles. The fourth-order valence-electron chi connectivity index (χ4n) is 1.97. The van der Waals surface area contributed by atoms with E-state index < -0.39 is 0 Å². The molecule has 100 valence electrons. The summed E-state index contributed by atoms with van der Waals surface area (Å²) >= 11 is 3.52. The van der Waals surface area contributed by atoms with E-state index in [4.69, 9.17) is 4.74 Å². The molecule has 1 aliphatic carbocycles. The summed E-state index contributed by atoms with van der Waals surface area (Å²) in [5.74, 6) is 2.01. The van der Waals surface area contributed by atoms with Crippen LogP contribution < -0.4 is 10.1 Å². The molecule has 18 heavy (non-hydrogen) atoms. The lowest BCUT2D eigenvalue weighted by Crippen LogP contribution is -2.16. The van der Waals surface area contributed by atoms with Gasteiger partial charge in [0.2, 0.25) is 0 Å². The van der Waals surface area contributed by atoms with Crippen molar-refractivity contribution in [2.75, 3.05) is 13.2 Å². The van der Waals surface area contributed by atoms with Gasteiger partial charge in [0, 0.05) is 16.6 Å². The number of halogens is 1. The summed E-state index contributed by atoms with van der Waals surface area (Å²) in [4.78, 5) is 0. The van der Waals surface area contributed by atoms with E-state index in [9.17, 15) is 0 Å². The van der Waals surface area contributed by atoms with Gasteiger partial charge in [0.25, 0.3) is 0 Å². The minimum atomic E-state index is 0.788. The predicted octanol–water partition coefficient (Wildman–Crippen LogP) is 4.13. The number of benzene rings is 1. The van der Waals surface area contributed by atoms with Crippen molar-refractivity contribution >= 4 is 15.9 Å². The molecule has 2 rings (SSSR count). The summed E-state index contributed by atoms with van der Waals surface area (Å²) in [7, 11) is 0. The Kier molecular flexibility index (Phi) is 5.51. The van der Waals surface area contributed by atoms with Gasteiger partial charge in [-0.3, -0.25) is 0 Å². The van der Waals surface area contributed by atoms with E-state index in [0.29, 0.717) is 0 Å². The van der Waals surface area contributed by atoms with Gasteiger partial charge >= 0.3 is 0 Å². The Bertz CT molecular complexity index is 377. The zero-order chi connectivity index (χ0) is 12.8. The van der Waals surface area contributed by atoms with Gasteiger partial charge in [-0.2, -0.15) is 0 Å². The summed E-state index contributed by atoms with van der Waals surface area (Å²) < 4.78 is 6.89. The van der Waals surface area contributed by atoms with Crippen molar-refractivity contribution in [1.29, 1.82) is 0 Å². The number of rotatable bonds is 8. The van der Waals surface area contributed by atoms with Crippen molar-refractivity contribution in [3.63, 3.8) is 0 Å². The molecule has 0 saturated heterocycles. The van der Waals surface area contributed by atoms with E-state index in [1.54, 1.807) is 0 Å². The maximum Gasteiger partial charge on any atom is 0.123 e. The van der Waals surface area contributed by atoms with Crippen LogP contribution in [-0.4, -0.2) is 13.2 Å². The van der Waals surface area contributed by atoms with E-state index >= 15 is 0 Å². The Morgan fingerprint density at radius 1 is 1.39 bits per heavy atom. The summed E-state index contributed by atoms with van der Waals surface area (Å²) in [5, 5.41) is 3.52. The van der Waals surface area contributed by atoms with Gasteiger partial charge < -0.3 is 10.1 Å². The maximum absolute atomic E-state index is 5.77. The molecular formula is C15H22BrNO. The Labute approximate surface area is 118 Å². The first kappa shape index (κ1) is 13.9. The Balaban J connectivity index is 1.84. The molecule has 0 atom stereocenters. The summed E-state index contributed by atoms with van der Waals surface area (Å²) in [5.41, 5.74) is 1.24. The highest BCUT2D eigenvalue weighted by Gasteiger charge is 2.20. The fourth-order valence-corrected chi connectivity index (χ4v) is 2.38. The van der Waals surface area contributed by atoms with Gasteiger partial charge in [-0.15, -0.1) is 0 Å². The monoisotopic (exact) mass is 311 g/mol. The van der Waals surface area contributed by atoms with E-state index in [1.807, 2.05) is 6.07 Å². The molecule has 0 amide bonds. The first-order valence-electron chi connectivity index (χ1n) is 6.91. The van der Waals surface area contributed by atoms with Gasteiger partial charge in [-0.25, -0.2) is 0 Å². The molecule has 0 spiro atoms. The quantitative estimate of drug-likeness (QED) is 0.729. The van der Waals surface area contributed by atoms with Crippen LogP contribution in [0.5, 0.6) is 5.75 Å². The van der Waals surface area contributed by atoms with Crippen LogP contribution in [0.1, 0.15) is 38.2 Å². The van der Waals surface area contributed by atoms with Crippen LogP contribution in [0, 0.1) is 5.92 Å². The third-order valence-corrected chi connectivity index (χ3v) is 3.72. The number of hydrogen-bond acceptors (Lipinski definition) is 2. The lowest BCUT2D eigenvalue weighted by molar-refractivity contribution is 0.313. The highest BCUT2D eigenvalue weighted by molar-refractivity contribution is 9.10. The zero-order valence-corrected chi connectivity index (χ0v) is 12.6. The average molecular weight is 312 g/mol. The lowest BCUT2D eigenvalue weighted by atomic mass is 10.2.